The van der Waals surface area contributed by atoms with E-state index in [0.717, 1.165) is 0 Å². The van der Waals surface area contributed by atoms with E-state index in [4.69, 9.17) is 5.11 Å². The molecule has 0 aromatic rings. The second-order valence-electron chi connectivity index (χ2n) is 4.51. The van der Waals surface area contributed by atoms with Crippen molar-refractivity contribution < 1.29 is 20.1 Å². The first kappa shape index (κ1) is 15.9. The van der Waals surface area contributed by atoms with Crippen molar-refractivity contribution in [2.24, 2.45) is 5.92 Å². The molecule has 98 valence electrons. The predicted octanol–water partition coefficient (Wildman–Crippen LogP) is 1.73. The van der Waals surface area contributed by atoms with Gasteiger partial charge in [0.15, 0.2) is 0 Å². The van der Waals surface area contributed by atoms with Gasteiger partial charge in [0.2, 0.25) is 0 Å². The first-order chi connectivity index (χ1) is 7.72. The number of carbonyl (C=O) groups is 1. The van der Waals surface area contributed by atoms with Crippen molar-refractivity contribution in [3.8, 4) is 0 Å². The number of carboxylic acids is 1. The minimum Gasteiger partial charge on any atom is -0.478 e. The molecule has 0 heterocycles. The lowest BCUT2D eigenvalue weighted by Gasteiger charge is -2.30. The molecule has 0 aromatic carbocycles. The van der Waals surface area contributed by atoms with Gasteiger partial charge in [0.1, 0.15) is 0 Å². The summed E-state index contributed by atoms with van der Waals surface area (Å²) >= 11 is 0. The summed E-state index contributed by atoms with van der Waals surface area (Å²) in [6, 6.07) is 0. The fourth-order valence-electron chi connectivity index (χ4n) is 1.47. The molecule has 0 aliphatic rings. The van der Waals surface area contributed by atoms with Crippen LogP contribution in [0.1, 0.15) is 34.1 Å². The third-order valence-corrected chi connectivity index (χ3v) is 3.01. The molecule has 0 saturated carbocycles. The molecule has 4 nitrogen and oxygen atoms in total. The zero-order chi connectivity index (χ0) is 13.6. The standard InChI is InChI=1S/C13H22O4/c1-5-8-13(4,17)10(3)11(14)7-6-9(2)12(15)16/h5-6,8,10-11,14,17H,7H2,1-4H3,(H,15,16)/b8-5+,9-6+/t10?,11-,13?/m0/s1. The molecule has 2 unspecified atom stereocenters. The fraction of sp³-hybridized carbons (Fsp3) is 0.615. The third kappa shape index (κ3) is 5.15. The Hall–Kier alpha value is -1.13. The first-order valence-corrected chi connectivity index (χ1v) is 5.66. The maximum absolute atomic E-state index is 10.6. The summed E-state index contributed by atoms with van der Waals surface area (Å²) in [6.45, 7) is 6.62. The average molecular weight is 242 g/mol. The summed E-state index contributed by atoms with van der Waals surface area (Å²) < 4.78 is 0. The van der Waals surface area contributed by atoms with Crippen molar-refractivity contribution in [3.05, 3.63) is 23.8 Å². The lowest BCUT2D eigenvalue weighted by Crippen LogP contribution is -2.38. The Labute approximate surface area is 102 Å². The van der Waals surface area contributed by atoms with Gasteiger partial charge in [-0.1, -0.05) is 25.2 Å². The molecule has 0 amide bonds. The number of hydrogen-bond acceptors (Lipinski definition) is 3. The molecule has 0 fully saturated rings. The van der Waals surface area contributed by atoms with Crippen LogP contribution < -0.4 is 0 Å². The van der Waals surface area contributed by atoms with Crippen LogP contribution in [0, 0.1) is 5.92 Å². The summed E-state index contributed by atoms with van der Waals surface area (Å²) in [4.78, 5) is 10.6. The normalized spacial score (nSPS) is 20.0. The van der Waals surface area contributed by atoms with E-state index >= 15 is 0 Å². The highest BCUT2D eigenvalue weighted by Gasteiger charge is 2.30. The van der Waals surface area contributed by atoms with Crippen molar-refractivity contribution in [2.45, 2.75) is 45.8 Å². The largest absolute Gasteiger partial charge is 0.478 e. The number of carboxylic acid groups (broad SMARTS) is 1. The van der Waals surface area contributed by atoms with Gasteiger partial charge in [-0.25, -0.2) is 4.79 Å². The Balaban J connectivity index is 4.57. The van der Waals surface area contributed by atoms with Gasteiger partial charge >= 0.3 is 5.97 Å². The Morgan fingerprint density at radius 3 is 2.41 bits per heavy atom. The van der Waals surface area contributed by atoms with E-state index in [0.29, 0.717) is 0 Å². The molecule has 0 bridgehead atoms. The van der Waals surface area contributed by atoms with E-state index in [1.165, 1.54) is 13.0 Å². The molecule has 0 aliphatic heterocycles. The molecular weight excluding hydrogens is 220 g/mol. The highest BCUT2D eigenvalue weighted by molar-refractivity contribution is 5.85. The molecule has 4 heteroatoms. The van der Waals surface area contributed by atoms with E-state index in [2.05, 4.69) is 0 Å². The summed E-state index contributed by atoms with van der Waals surface area (Å²) in [5.41, 5.74) is -0.902. The molecule has 0 aromatic heterocycles. The SMILES string of the molecule is C/C=C/C(C)(O)C(C)[C@@H](O)C/C=C(\C)C(=O)O. The van der Waals surface area contributed by atoms with Gasteiger partial charge in [0.05, 0.1) is 11.7 Å². The molecule has 3 atom stereocenters. The Morgan fingerprint density at radius 2 is 2.00 bits per heavy atom. The van der Waals surface area contributed by atoms with Crippen molar-refractivity contribution >= 4 is 5.97 Å². The van der Waals surface area contributed by atoms with Gasteiger partial charge < -0.3 is 15.3 Å². The maximum atomic E-state index is 10.6. The van der Waals surface area contributed by atoms with Gasteiger partial charge in [-0.05, 0) is 27.2 Å². The summed E-state index contributed by atoms with van der Waals surface area (Å²) in [6.07, 6.45) is 4.24. The van der Waals surface area contributed by atoms with Crippen LogP contribution in [0.2, 0.25) is 0 Å². The van der Waals surface area contributed by atoms with Crippen LogP contribution in [0.15, 0.2) is 23.8 Å². The van der Waals surface area contributed by atoms with Gasteiger partial charge in [0.25, 0.3) is 0 Å². The van der Waals surface area contributed by atoms with Crippen molar-refractivity contribution in [3.63, 3.8) is 0 Å². The maximum Gasteiger partial charge on any atom is 0.330 e. The molecule has 0 radical (unpaired) electrons. The molecule has 0 spiro atoms. The molecule has 17 heavy (non-hydrogen) atoms. The molecule has 0 saturated heterocycles. The molecule has 0 rings (SSSR count). The number of hydrogen-bond donors (Lipinski definition) is 3. The van der Waals surface area contributed by atoms with Gasteiger partial charge in [-0.3, -0.25) is 0 Å². The van der Waals surface area contributed by atoms with Crippen LogP contribution in [-0.4, -0.2) is 33.0 Å². The van der Waals surface area contributed by atoms with Crippen LogP contribution in [0.4, 0.5) is 0 Å². The van der Waals surface area contributed by atoms with Crippen molar-refractivity contribution in [2.75, 3.05) is 0 Å². The third-order valence-electron chi connectivity index (χ3n) is 3.01. The fourth-order valence-corrected chi connectivity index (χ4v) is 1.47. The van der Waals surface area contributed by atoms with E-state index in [-0.39, 0.29) is 17.9 Å². The topological polar surface area (TPSA) is 77.8 Å². The van der Waals surface area contributed by atoms with Crippen LogP contribution in [-0.2, 0) is 4.79 Å². The van der Waals surface area contributed by atoms with Crippen LogP contribution in [0.25, 0.3) is 0 Å². The molecule has 3 N–H and O–H groups in total. The quantitative estimate of drug-likeness (QED) is 0.489. The second-order valence-corrected chi connectivity index (χ2v) is 4.51. The summed E-state index contributed by atoms with van der Waals surface area (Å²) in [7, 11) is 0. The van der Waals surface area contributed by atoms with Crippen LogP contribution in [0.3, 0.4) is 0 Å². The van der Waals surface area contributed by atoms with Crippen molar-refractivity contribution in [1.29, 1.82) is 0 Å². The Kier molecular flexibility index (Phi) is 6.13. The number of aliphatic hydroxyl groups excluding tert-OH is 1. The highest BCUT2D eigenvalue weighted by Crippen LogP contribution is 2.24. The zero-order valence-electron chi connectivity index (χ0n) is 10.8. The van der Waals surface area contributed by atoms with Gasteiger partial charge in [-0.2, -0.15) is 0 Å². The minimum atomic E-state index is -1.10. The van der Waals surface area contributed by atoms with E-state index in [9.17, 15) is 15.0 Å². The van der Waals surface area contributed by atoms with Crippen molar-refractivity contribution in [1.82, 2.24) is 0 Å². The lowest BCUT2D eigenvalue weighted by molar-refractivity contribution is -0.132. The summed E-state index contributed by atoms with van der Waals surface area (Å²) in [5, 5.41) is 28.6. The predicted molar refractivity (Wildman–Crippen MR) is 66.6 cm³/mol. The number of allylic oxidation sites excluding steroid dienone is 1. The smallest absolute Gasteiger partial charge is 0.330 e. The van der Waals surface area contributed by atoms with Crippen LogP contribution in [0.5, 0.6) is 0 Å². The van der Waals surface area contributed by atoms with E-state index < -0.39 is 17.7 Å². The van der Waals surface area contributed by atoms with Gasteiger partial charge in [-0.15, -0.1) is 0 Å². The Morgan fingerprint density at radius 1 is 1.47 bits per heavy atom. The lowest BCUT2D eigenvalue weighted by atomic mass is 9.84. The number of aliphatic carboxylic acids is 1. The second kappa shape index (κ2) is 6.57. The summed E-state index contributed by atoms with van der Waals surface area (Å²) in [5.74, 6) is -1.37. The first-order valence-electron chi connectivity index (χ1n) is 5.66. The van der Waals surface area contributed by atoms with Gasteiger partial charge in [0, 0.05) is 11.5 Å². The van der Waals surface area contributed by atoms with E-state index in [1.54, 1.807) is 32.9 Å². The van der Waals surface area contributed by atoms with E-state index in [1.807, 2.05) is 0 Å². The number of aliphatic hydroxyl groups is 2. The minimum absolute atomic E-state index is 0.196. The average Bonchev–Trinajstić information content (AvgIpc) is 2.23. The molecular formula is C13H22O4. The number of rotatable bonds is 6. The molecule has 0 aliphatic carbocycles. The Bertz CT molecular complexity index is 315. The monoisotopic (exact) mass is 242 g/mol. The zero-order valence-corrected chi connectivity index (χ0v) is 10.8. The van der Waals surface area contributed by atoms with Crippen LogP contribution >= 0.6 is 0 Å². The highest BCUT2D eigenvalue weighted by atomic mass is 16.4.